The van der Waals surface area contributed by atoms with Gasteiger partial charge >= 0.3 is 6.09 Å². The average Bonchev–Trinajstić information content (AvgIpc) is 2.88. The van der Waals surface area contributed by atoms with E-state index in [4.69, 9.17) is 10.5 Å². The van der Waals surface area contributed by atoms with Crippen molar-refractivity contribution in [3.8, 4) is 0 Å². The molecule has 1 atom stereocenters. The Morgan fingerprint density at radius 2 is 1.36 bits per heavy atom. The van der Waals surface area contributed by atoms with Crippen molar-refractivity contribution < 1.29 is 23.1 Å². The summed E-state index contributed by atoms with van der Waals surface area (Å²) in [6.07, 6.45) is -0.639. The molecule has 3 aromatic rings. The lowest BCUT2D eigenvalue weighted by atomic mass is 9.96. The van der Waals surface area contributed by atoms with Gasteiger partial charge in [-0.25, -0.2) is 13.6 Å². The van der Waals surface area contributed by atoms with Crippen LogP contribution in [0.5, 0.6) is 0 Å². The van der Waals surface area contributed by atoms with E-state index in [0.29, 0.717) is 6.29 Å². The van der Waals surface area contributed by atoms with Crippen LogP contribution in [0.2, 0.25) is 0 Å². The van der Waals surface area contributed by atoms with Crippen molar-refractivity contribution in [3.05, 3.63) is 107 Å². The number of nitrogens with two attached hydrogens (primary N) is 1. The molecule has 0 saturated carbocycles. The summed E-state index contributed by atoms with van der Waals surface area (Å²) in [5.74, 6) is -0.472. The quantitative estimate of drug-likeness (QED) is 0.481. The number of carbonyl (C=O) groups is 2. The number of halogens is 2. The van der Waals surface area contributed by atoms with Crippen LogP contribution in [-0.2, 0) is 9.53 Å². The molecule has 1 unspecified atom stereocenters. The molecule has 6 nitrogen and oxygen atoms in total. The lowest BCUT2D eigenvalue weighted by Crippen LogP contribution is -2.46. The highest BCUT2D eigenvalue weighted by Crippen LogP contribution is 2.30. The maximum Gasteiger partial charge on any atom is 0.405 e. The second-order valence-corrected chi connectivity index (χ2v) is 8.58. The van der Waals surface area contributed by atoms with Gasteiger partial charge in [0.2, 0.25) is 0 Å². The van der Waals surface area contributed by atoms with Crippen LogP contribution in [0, 0.1) is 11.6 Å². The zero-order valence-electron chi connectivity index (χ0n) is 20.2. The number of carbonyl (C=O) groups excluding carboxylic acids is 2. The van der Waals surface area contributed by atoms with Crippen LogP contribution in [-0.4, -0.2) is 55.4 Å². The van der Waals surface area contributed by atoms with Gasteiger partial charge in [0.05, 0.1) is 6.04 Å². The van der Waals surface area contributed by atoms with Gasteiger partial charge in [0.25, 0.3) is 0 Å². The molecule has 1 saturated heterocycles. The van der Waals surface area contributed by atoms with Crippen LogP contribution in [0.25, 0.3) is 0 Å². The summed E-state index contributed by atoms with van der Waals surface area (Å²) in [4.78, 5) is 25.5. The molecule has 0 aromatic heterocycles. The van der Waals surface area contributed by atoms with Gasteiger partial charge in [0, 0.05) is 32.6 Å². The number of hydrogen-bond donors (Lipinski definition) is 1. The molecular formula is C28H31F2N3O3. The number of rotatable bonds is 7. The van der Waals surface area contributed by atoms with Crippen LogP contribution >= 0.6 is 0 Å². The van der Waals surface area contributed by atoms with Crippen LogP contribution < -0.4 is 5.73 Å². The fourth-order valence-electron chi connectivity index (χ4n) is 4.13. The monoisotopic (exact) mass is 495 g/mol. The summed E-state index contributed by atoms with van der Waals surface area (Å²) < 4.78 is 31.2. The maximum absolute atomic E-state index is 13.2. The summed E-state index contributed by atoms with van der Waals surface area (Å²) in [6.45, 7) is 3.88. The van der Waals surface area contributed by atoms with Gasteiger partial charge < -0.3 is 20.2 Å². The number of amides is 1. The molecule has 3 aromatic carbocycles. The first kappa shape index (κ1) is 27.0. The zero-order valence-corrected chi connectivity index (χ0v) is 20.2. The van der Waals surface area contributed by atoms with Crippen molar-refractivity contribution in [3.63, 3.8) is 0 Å². The van der Waals surface area contributed by atoms with Gasteiger partial charge in [-0.05, 0) is 48.0 Å². The number of ether oxygens (including phenoxy) is 1. The lowest BCUT2D eigenvalue weighted by molar-refractivity contribution is -0.109. The molecule has 0 spiro atoms. The number of hydrogen-bond acceptors (Lipinski definition) is 5. The van der Waals surface area contributed by atoms with Gasteiger partial charge in [-0.2, -0.15) is 0 Å². The van der Waals surface area contributed by atoms with Crippen molar-refractivity contribution >= 4 is 12.4 Å². The van der Waals surface area contributed by atoms with Crippen molar-refractivity contribution in [1.29, 1.82) is 0 Å². The minimum absolute atomic E-state index is 0.0369. The highest BCUT2D eigenvalue weighted by Gasteiger charge is 2.25. The molecule has 8 heteroatoms. The second-order valence-electron chi connectivity index (χ2n) is 8.58. The molecule has 36 heavy (non-hydrogen) atoms. The molecule has 190 valence electrons. The van der Waals surface area contributed by atoms with Crippen molar-refractivity contribution in [1.82, 2.24) is 9.80 Å². The Morgan fingerprint density at radius 1 is 0.861 bits per heavy atom. The molecule has 0 aliphatic carbocycles. The van der Waals surface area contributed by atoms with Gasteiger partial charge in [0.1, 0.15) is 24.0 Å². The third-order valence-electron chi connectivity index (χ3n) is 6.01. The van der Waals surface area contributed by atoms with Crippen molar-refractivity contribution in [2.24, 2.45) is 5.73 Å². The summed E-state index contributed by atoms with van der Waals surface area (Å²) >= 11 is 0. The molecule has 0 bridgehead atoms. The Bertz CT molecular complexity index is 1040. The standard InChI is InChI=1S/C18H20F2N2.C10H11NO3/c1-21-10-12-22(13-11-21)18(14-2-6-16(19)7-3-14)15-4-8-17(20)9-5-15;11-10(13)14-9(6-7-12)8-4-2-1-3-5-8/h2-9,18H,10-13H2,1H3;1-5,7,9H,6H2,(H2,11,13). The summed E-state index contributed by atoms with van der Waals surface area (Å²) in [7, 11) is 2.11. The van der Waals surface area contributed by atoms with Gasteiger partial charge in [-0.3, -0.25) is 4.90 Å². The number of aldehydes is 1. The first-order chi connectivity index (χ1) is 17.4. The smallest absolute Gasteiger partial charge is 0.405 e. The van der Waals surface area contributed by atoms with Gasteiger partial charge in [-0.15, -0.1) is 0 Å². The van der Waals surface area contributed by atoms with Crippen LogP contribution in [0.15, 0.2) is 78.9 Å². The van der Waals surface area contributed by atoms with E-state index >= 15 is 0 Å². The predicted octanol–water partition coefficient (Wildman–Crippen LogP) is 4.71. The minimum Gasteiger partial charge on any atom is -0.441 e. The number of nitrogens with zero attached hydrogens (tertiary/aromatic N) is 2. The topological polar surface area (TPSA) is 75.9 Å². The SMILES string of the molecule is CN1CCN(C(c2ccc(F)cc2)c2ccc(F)cc2)CC1.NC(=O)OC(CC=O)c1ccccc1. The first-order valence-electron chi connectivity index (χ1n) is 11.8. The average molecular weight is 496 g/mol. The Balaban J connectivity index is 0.000000223. The van der Waals surface area contributed by atoms with Crippen LogP contribution in [0.1, 0.15) is 35.3 Å². The van der Waals surface area contributed by atoms with Crippen molar-refractivity contribution in [2.45, 2.75) is 18.6 Å². The maximum atomic E-state index is 13.2. The third kappa shape index (κ3) is 7.96. The Kier molecular flexibility index (Phi) is 10.1. The predicted molar refractivity (Wildman–Crippen MR) is 134 cm³/mol. The van der Waals surface area contributed by atoms with Crippen molar-refractivity contribution in [2.75, 3.05) is 33.2 Å². The fraction of sp³-hybridized carbons (Fsp3) is 0.286. The zero-order chi connectivity index (χ0) is 25.9. The van der Waals surface area contributed by atoms with Gasteiger partial charge in [-0.1, -0.05) is 54.6 Å². The molecular weight excluding hydrogens is 464 g/mol. The van der Waals surface area contributed by atoms with E-state index in [2.05, 4.69) is 16.8 Å². The third-order valence-corrected chi connectivity index (χ3v) is 6.01. The van der Waals surface area contributed by atoms with E-state index in [1.165, 1.54) is 24.3 Å². The fourth-order valence-corrected chi connectivity index (χ4v) is 4.13. The number of primary amides is 1. The second kappa shape index (κ2) is 13.5. The van der Waals surface area contributed by atoms with Gasteiger partial charge in [0.15, 0.2) is 0 Å². The Labute approximate surface area is 210 Å². The van der Waals surface area contributed by atoms with E-state index in [1.54, 1.807) is 24.3 Å². The molecule has 1 aliphatic heterocycles. The Hall–Kier alpha value is -3.62. The summed E-state index contributed by atoms with van der Waals surface area (Å²) in [5, 5.41) is 0. The lowest BCUT2D eigenvalue weighted by Gasteiger charge is -2.38. The van der Waals surface area contributed by atoms with Crippen LogP contribution in [0.4, 0.5) is 13.6 Å². The molecule has 1 fully saturated rings. The number of likely N-dealkylation sites (N-methyl/N-ethyl adjacent to an activating group) is 1. The molecule has 1 heterocycles. The van der Waals surface area contributed by atoms with E-state index in [-0.39, 0.29) is 24.1 Å². The highest BCUT2D eigenvalue weighted by molar-refractivity contribution is 5.65. The highest BCUT2D eigenvalue weighted by atomic mass is 19.1. The van der Waals surface area contributed by atoms with E-state index in [0.717, 1.165) is 42.9 Å². The molecule has 1 amide bonds. The van der Waals surface area contributed by atoms with Crippen LogP contribution in [0.3, 0.4) is 0 Å². The molecule has 4 rings (SSSR count). The molecule has 2 N–H and O–H groups in total. The summed E-state index contributed by atoms with van der Waals surface area (Å²) in [6, 6.07) is 22.3. The van der Waals surface area contributed by atoms with E-state index < -0.39 is 12.2 Å². The normalized spacial score (nSPS) is 15.0. The van der Waals surface area contributed by atoms with E-state index in [9.17, 15) is 18.4 Å². The summed E-state index contributed by atoms with van der Waals surface area (Å²) in [5.41, 5.74) is 7.73. The number of benzene rings is 3. The van der Waals surface area contributed by atoms with E-state index in [1.807, 2.05) is 30.3 Å². The molecule has 0 radical (unpaired) electrons. The Morgan fingerprint density at radius 3 is 1.81 bits per heavy atom. The molecule has 1 aliphatic rings. The minimum atomic E-state index is -0.874. The number of piperazine rings is 1. The first-order valence-corrected chi connectivity index (χ1v) is 11.8. The largest absolute Gasteiger partial charge is 0.441 e.